The van der Waals surface area contributed by atoms with Crippen molar-refractivity contribution in [3.8, 4) is 0 Å². The van der Waals surface area contributed by atoms with Gasteiger partial charge in [-0.15, -0.1) is 0 Å². The van der Waals surface area contributed by atoms with Gasteiger partial charge in [-0.3, -0.25) is 0 Å². The lowest BCUT2D eigenvalue weighted by atomic mass is 10.3. The van der Waals surface area contributed by atoms with Crippen molar-refractivity contribution in [3.05, 3.63) is 48.5 Å². The van der Waals surface area contributed by atoms with E-state index in [-0.39, 0.29) is 17.2 Å². The summed E-state index contributed by atoms with van der Waals surface area (Å²) in [5.41, 5.74) is 2.26. The van der Waals surface area contributed by atoms with Crippen molar-refractivity contribution in [2.75, 3.05) is 37.5 Å². The molecule has 0 aliphatic carbocycles. The summed E-state index contributed by atoms with van der Waals surface area (Å²) < 4.78 is 48.9. The van der Waals surface area contributed by atoms with Crippen LogP contribution in [0.4, 0.5) is 17.1 Å². The second-order valence-corrected chi connectivity index (χ2v) is 12.4. The predicted molar refractivity (Wildman–Crippen MR) is 114 cm³/mol. The van der Waals surface area contributed by atoms with E-state index < -0.39 is 18.9 Å². The van der Waals surface area contributed by atoms with E-state index in [1.165, 1.54) is 12.1 Å². The van der Waals surface area contributed by atoms with Gasteiger partial charge in [0.15, 0.2) is 8.87 Å². The normalized spacial score (nSPS) is 12.4. The standard InChI is InChI=1S/C17H22N4O4S3/c1-21(2)16-8-4-14(5-9-16)19-20-15-6-10-17(11-7-15)28(24,25)18-12-13-26-27(3,22)23/h4-11,18H,12-13H2,1-3H3. The molecule has 11 heteroatoms. The lowest BCUT2D eigenvalue weighted by Gasteiger charge is -2.11. The molecule has 0 aliphatic heterocycles. The number of sulfonamides is 1. The largest absolute Gasteiger partial charge is 0.378 e. The van der Waals surface area contributed by atoms with Crippen molar-refractivity contribution in [2.45, 2.75) is 4.90 Å². The molecular formula is C17H22N4O4S3. The van der Waals surface area contributed by atoms with Crippen LogP contribution in [0.1, 0.15) is 0 Å². The predicted octanol–water partition coefficient (Wildman–Crippen LogP) is 3.14. The third-order valence-electron chi connectivity index (χ3n) is 3.49. The molecule has 0 spiro atoms. The Morgan fingerprint density at radius 1 is 0.893 bits per heavy atom. The molecule has 1 N–H and O–H groups in total. The highest BCUT2D eigenvalue weighted by Gasteiger charge is 2.13. The van der Waals surface area contributed by atoms with Crippen molar-refractivity contribution in [2.24, 2.45) is 10.2 Å². The summed E-state index contributed by atoms with van der Waals surface area (Å²) in [6.07, 6.45) is 1.08. The molecule has 2 aromatic rings. The van der Waals surface area contributed by atoms with Crippen LogP contribution in [0.5, 0.6) is 0 Å². The molecule has 2 rings (SSSR count). The second-order valence-electron chi connectivity index (χ2n) is 6.03. The minimum Gasteiger partial charge on any atom is -0.378 e. The summed E-state index contributed by atoms with van der Waals surface area (Å²) in [5.74, 6) is 0.136. The molecule has 0 fully saturated rings. The molecule has 0 saturated heterocycles. The Kier molecular flexibility index (Phi) is 7.58. The van der Waals surface area contributed by atoms with Crippen LogP contribution in [0, 0.1) is 0 Å². The van der Waals surface area contributed by atoms with Gasteiger partial charge in [0.1, 0.15) is 0 Å². The van der Waals surface area contributed by atoms with Crippen molar-refractivity contribution in [1.29, 1.82) is 0 Å². The Labute approximate surface area is 169 Å². The fraction of sp³-hybridized carbons (Fsp3) is 0.294. The highest BCUT2D eigenvalue weighted by Crippen LogP contribution is 2.22. The third-order valence-corrected chi connectivity index (χ3v) is 7.55. The van der Waals surface area contributed by atoms with Gasteiger partial charge < -0.3 is 4.90 Å². The molecule has 8 nitrogen and oxygen atoms in total. The van der Waals surface area contributed by atoms with E-state index in [2.05, 4.69) is 15.0 Å². The van der Waals surface area contributed by atoms with E-state index in [0.29, 0.717) is 22.2 Å². The van der Waals surface area contributed by atoms with Crippen LogP contribution in [0.25, 0.3) is 0 Å². The summed E-state index contributed by atoms with van der Waals surface area (Å²) in [6, 6.07) is 13.5. The van der Waals surface area contributed by atoms with Crippen molar-refractivity contribution in [1.82, 2.24) is 4.72 Å². The summed E-state index contributed by atoms with van der Waals surface area (Å²) in [4.78, 5) is 2.06. The number of rotatable bonds is 9. The molecule has 0 amide bonds. The minimum atomic E-state index is -3.71. The van der Waals surface area contributed by atoms with Crippen LogP contribution in [-0.2, 0) is 18.9 Å². The average molecular weight is 443 g/mol. The van der Waals surface area contributed by atoms with Crippen LogP contribution in [-0.4, -0.2) is 49.5 Å². The molecular weight excluding hydrogens is 420 g/mol. The van der Waals surface area contributed by atoms with Crippen LogP contribution >= 0.6 is 10.8 Å². The molecule has 152 valence electrons. The molecule has 2 aromatic carbocycles. The summed E-state index contributed by atoms with van der Waals surface area (Å²) in [6.45, 7) is 0.0183. The van der Waals surface area contributed by atoms with Gasteiger partial charge in [0.05, 0.1) is 16.3 Å². The zero-order valence-corrected chi connectivity index (χ0v) is 18.2. The minimum absolute atomic E-state index is 0.0183. The second kappa shape index (κ2) is 9.50. The Morgan fingerprint density at radius 3 is 1.86 bits per heavy atom. The first kappa shape index (κ1) is 22.3. The van der Waals surface area contributed by atoms with Gasteiger partial charge in [0.25, 0.3) is 0 Å². The molecule has 0 atom stereocenters. The number of hydrogen-bond acceptors (Lipinski definition) is 8. The molecule has 0 unspecified atom stereocenters. The summed E-state index contributed by atoms with van der Waals surface area (Å²) in [7, 11) is -2.31. The number of benzene rings is 2. The smallest absolute Gasteiger partial charge is 0.240 e. The van der Waals surface area contributed by atoms with Gasteiger partial charge in [-0.1, -0.05) is 0 Å². The highest BCUT2D eigenvalue weighted by atomic mass is 33.1. The van der Waals surface area contributed by atoms with Crippen LogP contribution in [0.2, 0.25) is 0 Å². The van der Waals surface area contributed by atoms with Crippen LogP contribution in [0.3, 0.4) is 0 Å². The number of nitrogens with one attached hydrogen (secondary N) is 1. The van der Waals surface area contributed by atoms with E-state index in [1.807, 2.05) is 43.3 Å². The van der Waals surface area contributed by atoms with Gasteiger partial charge in [-0.25, -0.2) is 21.6 Å². The van der Waals surface area contributed by atoms with E-state index in [9.17, 15) is 16.8 Å². The average Bonchev–Trinajstić information content (AvgIpc) is 2.63. The van der Waals surface area contributed by atoms with Crippen LogP contribution < -0.4 is 9.62 Å². The van der Waals surface area contributed by atoms with E-state index in [4.69, 9.17) is 0 Å². The first-order valence-corrected chi connectivity index (χ1v) is 13.1. The van der Waals surface area contributed by atoms with E-state index in [1.54, 1.807) is 12.1 Å². The van der Waals surface area contributed by atoms with Gasteiger partial charge in [-0.2, -0.15) is 10.2 Å². The fourth-order valence-corrected chi connectivity index (χ4v) is 4.88. The lowest BCUT2D eigenvalue weighted by Crippen LogP contribution is -2.26. The molecule has 28 heavy (non-hydrogen) atoms. The monoisotopic (exact) mass is 442 g/mol. The fourth-order valence-electron chi connectivity index (χ4n) is 2.08. The summed E-state index contributed by atoms with van der Waals surface area (Å²) in [5, 5.41) is 8.24. The highest BCUT2D eigenvalue weighted by molar-refractivity contribution is 8.71. The number of hydrogen-bond donors (Lipinski definition) is 1. The zero-order valence-electron chi connectivity index (χ0n) is 15.7. The van der Waals surface area contributed by atoms with Gasteiger partial charge in [0.2, 0.25) is 10.0 Å². The number of anilines is 1. The van der Waals surface area contributed by atoms with Crippen molar-refractivity contribution in [3.63, 3.8) is 0 Å². The topological polar surface area (TPSA) is 108 Å². The SMILES string of the molecule is CN(C)c1ccc(N=Nc2ccc(S(=O)(=O)NCCSS(C)(=O)=O)cc2)cc1. The molecule has 0 saturated carbocycles. The third kappa shape index (κ3) is 7.23. The molecule has 0 heterocycles. The lowest BCUT2D eigenvalue weighted by molar-refractivity contribution is 0.584. The maximum atomic E-state index is 12.2. The van der Waals surface area contributed by atoms with E-state index >= 15 is 0 Å². The first-order chi connectivity index (χ1) is 13.1. The zero-order chi connectivity index (χ0) is 20.8. The van der Waals surface area contributed by atoms with Gasteiger partial charge in [0, 0.05) is 38.3 Å². The quantitative estimate of drug-likeness (QED) is 0.363. The maximum Gasteiger partial charge on any atom is 0.240 e. The Bertz CT molecular complexity index is 1020. The molecule has 0 aromatic heterocycles. The Balaban J connectivity index is 1.98. The molecule has 0 bridgehead atoms. The Morgan fingerprint density at radius 2 is 1.39 bits per heavy atom. The molecule has 0 aliphatic rings. The van der Waals surface area contributed by atoms with Gasteiger partial charge >= 0.3 is 0 Å². The van der Waals surface area contributed by atoms with Crippen molar-refractivity contribution < 1.29 is 16.8 Å². The maximum absolute atomic E-state index is 12.2. The summed E-state index contributed by atoms with van der Waals surface area (Å²) >= 11 is 0. The van der Waals surface area contributed by atoms with Crippen LogP contribution in [0.15, 0.2) is 63.7 Å². The number of azo groups is 1. The first-order valence-electron chi connectivity index (χ1n) is 8.20. The Hall–Kier alpha value is -1.95. The number of nitrogens with zero attached hydrogens (tertiary/aromatic N) is 3. The van der Waals surface area contributed by atoms with Crippen molar-refractivity contribution >= 4 is 46.7 Å². The van der Waals surface area contributed by atoms with Gasteiger partial charge in [-0.05, 0) is 59.3 Å². The van der Waals surface area contributed by atoms with E-state index in [0.717, 1.165) is 11.9 Å². The molecule has 0 radical (unpaired) electrons.